The molecule has 0 aliphatic carbocycles. The summed E-state index contributed by atoms with van der Waals surface area (Å²) in [4.78, 5) is 0. The van der Waals surface area contributed by atoms with Crippen LogP contribution < -0.4 is 5.32 Å². The molecular weight excluding hydrogens is 210 g/mol. The van der Waals surface area contributed by atoms with E-state index < -0.39 is 0 Å². The predicted molar refractivity (Wildman–Crippen MR) is 73.3 cm³/mol. The van der Waals surface area contributed by atoms with Crippen LogP contribution in [0.15, 0.2) is 24.3 Å². The van der Waals surface area contributed by atoms with Gasteiger partial charge in [-0.2, -0.15) is 0 Å². The van der Waals surface area contributed by atoms with Gasteiger partial charge in [-0.3, -0.25) is 0 Å². The molecule has 0 amide bonds. The summed E-state index contributed by atoms with van der Waals surface area (Å²) in [5.41, 5.74) is 2.76. The maximum atomic E-state index is 9.46. The quantitative estimate of drug-likeness (QED) is 0.761. The van der Waals surface area contributed by atoms with Gasteiger partial charge in [-0.25, -0.2) is 0 Å². The highest BCUT2D eigenvalue weighted by molar-refractivity contribution is 5.26. The minimum absolute atomic E-state index is 0.159. The first-order valence-electron chi connectivity index (χ1n) is 6.59. The molecule has 2 nitrogen and oxygen atoms in total. The van der Waals surface area contributed by atoms with Crippen LogP contribution in [0.4, 0.5) is 0 Å². The third-order valence-electron chi connectivity index (χ3n) is 3.23. The molecule has 0 aliphatic rings. The SMILES string of the molecule is CCC(O)CCNC(C)Cc1ccccc1C. The van der Waals surface area contributed by atoms with E-state index in [1.165, 1.54) is 11.1 Å². The summed E-state index contributed by atoms with van der Waals surface area (Å²) in [7, 11) is 0. The second-order valence-electron chi connectivity index (χ2n) is 4.84. The molecule has 1 rings (SSSR count). The Kier molecular flexibility index (Phi) is 6.23. The van der Waals surface area contributed by atoms with Crippen LogP contribution in [0.5, 0.6) is 0 Å². The number of aryl methyl sites for hydroxylation is 1. The van der Waals surface area contributed by atoms with Gasteiger partial charge in [-0.1, -0.05) is 31.2 Å². The van der Waals surface area contributed by atoms with Crippen LogP contribution in [0, 0.1) is 6.92 Å². The monoisotopic (exact) mass is 235 g/mol. The van der Waals surface area contributed by atoms with Gasteiger partial charge < -0.3 is 10.4 Å². The summed E-state index contributed by atoms with van der Waals surface area (Å²) in [5, 5.41) is 12.9. The number of hydrogen-bond donors (Lipinski definition) is 2. The molecule has 2 heteroatoms. The highest BCUT2D eigenvalue weighted by Crippen LogP contribution is 2.09. The Hall–Kier alpha value is -0.860. The highest BCUT2D eigenvalue weighted by atomic mass is 16.3. The molecule has 0 bridgehead atoms. The molecule has 0 saturated heterocycles. The minimum atomic E-state index is -0.159. The van der Waals surface area contributed by atoms with Gasteiger partial charge in [-0.15, -0.1) is 0 Å². The molecule has 96 valence electrons. The first-order chi connectivity index (χ1) is 8.13. The first kappa shape index (κ1) is 14.2. The van der Waals surface area contributed by atoms with Crippen LogP contribution in [0.3, 0.4) is 0 Å². The van der Waals surface area contributed by atoms with Crippen LogP contribution in [-0.2, 0) is 6.42 Å². The van der Waals surface area contributed by atoms with Gasteiger partial charge in [0.2, 0.25) is 0 Å². The molecule has 0 spiro atoms. The lowest BCUT2D eigenvalue weighted by atomic mass is 10.0. The smallest absolute Gasteiger partial charge is 0.0549 e. The van der Waals surface area contributed by atoms with Crippen molar-refractivity contribution in [3.05, 3.63) is 35.4 Å². The molecule has 1 aromatic carbocycles. The van der Waals surface area contributed by atoms with Crippen LogP contribution in [-0.4, -0.2) is 23.8 Å². The summed E-state index contributed by atoms with van der Waals surface area (Å²) in [6.45, 7) is 7.26. The molecule has 1 aromatic rings. The average molecular weight is 235 g/mol. The van der Waals surface area contributed by atoms with Gasteiger partial charge in [0.15, 0.2) is 0 Å². The minimum Gasteiger partial charge on any atom is -0.393 e. The summed E-state index contributed by atoms with van der Waals surface area (Å²) >= 11 is 0. The lowest BCUT2D eigenvalue weighted by molar-refractivity contribution is 0.159. The fraction of sp³-hybridized carbons (Fsp3) is 0.600. The Balaban J connectivity index is 2.30. The van der Waals surface area contributed by atoms with Crippen molar-refractivity contribution >= 4 is 0 Å². The topological polar surface area (TPSA) is 32.3 Å². The second kappa shape index (κ2) is 7.46. The van der Waals surface area contributed by atoms with Gasteiger partial charge >= 0.3 is 0 Å². The molecule has 0 aromatic heterocycles. The van der Waals surface area contributed by atoms with Crippen molar-refractivity contribution in [2.45, 2.75) is 52.2 Å². The van der Waals surface area contributed by atoms with Gasteiger partial charge in [0.25, 0.3) is 0 Å². The molecule has 0 heterocycles. The Bertz CT molecular complexity index is 324. The summed E-state index contributed by atoms with van der Waals surface area (Å²) in [6.07, 6.45) is 2.57. The number of aliphatic hydroxyl groups excluding tert-OH is 1. The Morgan fingerprint density at radius 3 is 2.65 bits per heavy atom. The second-order valence-corrected chi connectivity index (χ2v) is 4.84. The van der Waals surface area contributed by atoms with Crippen molar-refractivity contribution in [1.82, 2.24) is 5.32 Å². The van der Waals surface area contributed by atoms with Crippen LogP contribution >= 0.6 is 0 Å². The van der Waals surface area contributed by atoms with Crippen molar-refractivity contribution in [3.8, 4) is 0 Å². The van der Waals surface area contributed by atoms with Gasteiger partial charge in [0.1, 0.15) is 0 Å². The summed E-state index contributed by atoms with van der Waals surface area (Å²) in [6, 6.07) is 8.97. The molecular formula is C15H25NO. The zero-order valence-electron chi connectivity index (χ0n) is 11.2. The normalized spacial score (nSPS) is 14.6. The fourth-order valence-electron chi connectivity index (χ4n) is 1.94. The van der Waals surface area contributed by atoms with E-state index in [-0.39, 0.29) is 6.10 Å². The van der Waals surface area contributed by atoms with E-state index in [1.54, 1.807) is 0 Å². The molecule has 17 heavy (non-hydrogen) atoms. The number of hydrogen-bond acceptors (Lipinski definition) is 2. The van der Waals surface area contributed by atoms with E-state index in [2.05, 4.69) is 43.4 Å². The van der Waals surface area contributed by atoms with Gasteiger partial charge in [-0.05, 0) is 50.8 Å². The Morgan fingerprint density at radius 1 is 1.29 bits per heavy atom. The fourth-order valence-corrected chi connectivity index (χ4v) is 1.94. The summed E-state index contributed by atoms with van der Waals surface area (Å²) < 4.78 is 0. The third-order valence-corrected chi connectivity index (χ3v) is 3.23. The molecule has 2 unspecified atom stereocenters. The van der Waals surface area contributed by atoms with Crippen LogP contribution in [0.2, 0.25) is 0 Å². The van der Waals surface area contributed by atoms with Crippen LogP contribution in [0.1, 0.15) is 37.8 Å². The predicted octanol–water partition coefficient (Wildman–Crippen LogP) is 2.68. The van der Waals surface area contributed by atoms with Crippen molar-refractivity contribution in [2.24, 2.45) is 0 Å². The first-order valence-corrected chi connectivity index (χ1v) is 6.59. The van der Waals surface area contributed by atoms with Crippen molar-refractivity contribution in [1.29, 1.82) is 0 Å². The molecule has 2 atom stereocenters. The van der Waals surface area contributed by atoms with E-state index in [0.717, 1.165) is 25.8 Å². The number of rotatable bonds is 7. The molecule has 0 saturated carbocycles. The van der Waals surface area contributed by atoms with Crippen LogP contribution in [0.25, 0.3) is 0 Å². The maximum absolute atomic E-state index is 9.46. The van der Waals surface area contributed by atoms with Gasteiger partial charge in [0, 0.05) is 6.04 Å². The largest absolute Gasteiger partial charge is 0.393 e. The van der Waals surface area contributed by atoms with Crippen molar-refractivity contribution < 1.29 is 5.11 Å². The Labute approximate surface area is 105 Å². The zero-order chi connectivity index (χ0) is 12.7. The van der Waals surface area contributed by atoms with Gasteiger partial charge in [0.05, 0.1) is 6.10 Å². The Morgan fingerprint density at radius 2 is 2.00 bits per heavy atom. The van der Waals surface area contributed by atoms with E-state index in [9.17, 15) is 5.11 Å². The lowest BCUT2D eigenvalue weighted by Gasteiger charge is -2.16. The molecule has 0 radical (unpaired) electrons. The number of aliphatic hydroxyl groups is 1. The van der Waals surface area contributed by atoms with E-state index >= 15 is 0 Å². The number of nitrogens with one attached hydrogen (secondary N) is 1. The molecule has 0 aliphatic heterocycles. The highest BCUT2D eigenvalue weighted by Gasteiger charge is 2.06. The maximum Gasteiger partial charge on any atom is 0.0549 e. The lowest BCUT2D eigenvalue weighted by Crippen LogP contribution is -2.31. The van der Waals surface area contributed by atoms with E-state index in [4.69, 9.17) is 0 Å². The van der Waals surface area contributed by atoms with Crippen molar-refractivity contribution in [2.75, 3.05) is 6.54 Å². The van der Waals surface area contributed by atoms with Crippen molar-refractivity contribution in [3.63, 3.8) is 0 Å². The van der Waals surface area contributed by atoms with E-state index in [1.807, 2.05) is 6.92 Å². The number of benzene rings is 1. The zero-order valence-corrected chi connectivity index (χ0v) is 11.2. The molecule has 0 fully saturated rings. The average Bonchev–Trinajstić information content (AvgIpc) is 2.32. The standard InChI is InChI=1S/C15H25NO/c1-4-15(17)9-10-16-13(3)11-14-8-6-5-7-12(14)2/h5-8,13,15-17H,4,9-11H2,1-3H3. The third kappa shape index (κ3) is 5.33. The molecule has 2 N–H and O–H groups in total. The summed E-state index contributed by atoms with van der Waals surface area (Å²) in [5.74, 6) is 0. The van der Waals surface area contributed by atoms with E-state index in [0.29, 0.717) is 6.04 Å².